The molecule has 1 unspecified atom stereocenters. The van der Waals surface area contributed by atoms with E-state index in [1.54, 1.807) is 0 Å². The molecule has 0 saturated heterocycles. The van der Waals surface area contributed by atoms with Crippen molar-refractivity contribution in [2.45, 2.75) is 12.3 Å². The zero-order valence-electron chi connectivity index (χ0n) is 8.26. The van der Waals surface area contributed by atoms with Crippen molar-refractivity contribution in [3.05, 3.63) is 12.1 Å². The van der Waals surface area contributed by atoms with Gasteiger partial charge >= 0.3 is 6.18 Å². The summed E-state index contributed by atoms with van der Waals surface area (Å²) in [5, 5.41) is 25.2. The summed E-state index contributed by atoms with van der Waals surface area (Å²) in [4.78, 5) is 0. The van der Waals surface area contributed by atoms with Gasteiger partial charge in [0.05, 0.1) is 6.54 Å². The van der Waals surface area contributed by atoms with Crippen LogP contribution in [-0.2, 0) is 0 Å². The molecular weight excluding hydrogens is 241 g/mol. The molecule has 0 aliphatic heterocycles. The maximum atomic E-state index is 12.0. The second-order valence-corrected chi connectivity index (χ2v) is 3.18. The molecule has 2 N–H and O–H groups in total. The number of hydrogen-bond donors (Lipinski definition) is 2. The number of rotatable bonds is 3. The monoisotopic (exact) mass is 248 g/mol. The number of aromatic nitrogens is 5. The molecule has 2 aromatic heterocycles. The quantitative estimate of drug-likeness (QED) is 0.785. The zero-order valence-corrected chi connectivity index (χ0v) is 8.26. The highest BCUT2D eigenvalue weighted by Crippen LogP contribution is 2.20. The first-order chi connectivity index (χ1) is 7.97. The van der Waals surface area contributed by atoms with Gasteiger partial charge in [-0.2, -0.15) is 13.2 Å². The summed E-state index contributed by atoms with van der Waals surface area (Å²) in [7, 11) is 0. The van der Waals surface area contributed by atoms with Crippen LogP contribution in [0, 0.1) is 0 Å². The average Bonchev–Trinajstić information content (AvgIpc) is 2.71. The second kappa shape index (κ2) is 4.13. The predicted molar refractivity (Wildman–Crippen MR) is 49.1 cm³/mol. The smallest absolute Gasteiger partial charge is 0.382 e. The van der Waals surface area contributed by atoms with Crippen LogP contribution in [0.2, 0.25) is 0 Å². The van der Waals surface area contributed by atoms with Gasteiger partial charge in [-0.25, -0.2) is 0 Å². The lowest BCUT2D eigenvalue weighted by Gasteiger charge is -2.14. The van der Waals surface area contributed by atoms with Gasteiger partial charge in [-0.1, -0.05) is 0 Å². The fraction of sp³-hybridized carbons (Fsp3) is 0.429. The summed E-state index contributed by atoms with van der Waals surface area (Å²) in [6, 6.07) is 2.89. The lowest BCUT2D eigenvalue weighted by molar-refractivity contribution is -0.198. The summed E-state index contributed by atoms with van der Waals surface area (Å²) in [6.07, 6.45) is -7.11. The van der Waals surface area contributed by atoms with Crippen LogP contribution in [0.5, 0.6) is 0 Å². The van der Waals surface area contributed by atoms with E-state index in [1.165, 1.54) is 12.1 Å². The van der Waals surface area contributed by atoms with Gasteiger partial charge in [-0.3, -0.25) is 0 Å². The van der Waals surface area contributed by atoms with Crippen LogP contribution in [0.4, 0.5) is 19.0 Å². The number of anilines is 1. The van der Waals surface area contributed by atoms with Crippen LogP contribution in [0.25, 0.3) is 5.65 Å². The van der Waals surface area contributed by atoms with E-state index in [0.29, 0.717) is 5.65 Å². The molecule has 0 saturated carbocycles. The molecule has 2 aromatic rings. The van der Waals surface area contributed by atoms with Crippen LogP contribution >= 0.6 is 0 Å². The number of tetrazole rings is 1. The van der Waals surface area contributed by atoms with Gasteiger partial charge in [0, 0.05) is 0 Å². The second-order valence-electron chi connectivity index (χ2n) is 3.18. The lowest BCUT2D eigenvalue weighted by Crippen LogP contribution is -2.35. The highest BCUT2D eigenvalue weighted by molar-refractivity contribution is 5.42. The minimum absolute atomic E-state index is 0.133. The Morgan fingerprint density at radius 3 is 2.88 bits per heavy atom. The third kappa shape index (κ3) is 2.58. The number of aliphatic hydroxyl groups excluding tert-OH is 1. The van der Waals surface area contributed by atoms with Crippen molar-refractivity contribution in [3.8, 4) is 0 Å². The molecule has 7 nitrogen and oxygen atoms in total. The van der Waals surface area contributed by atoms with Crippen LogP contribution in [0.3, 0.4) is 0 Å². The van der Waals surface area contributed by atoms with E-state index in [2.05, 4.69) is 25.9 Å². The minimum atomic E-state index is -4.66. The molecule has 10 heteroatoms. The zero-order chi connectivity index (χ0) is 12.5. The van der Waals surface area contributed by atoms with E-state index in [-0.39, 0.29) is 5.82 Å². The Kier molecular flexibility index (Phi) is 2.79. The number of nitrogens with zero attached hydrogens (tertiary/aromatic N) is 5. The van der Waals surface area contributed by atoms with Gasteiger partial charge in [0.2, 0.25) is 0 Å². The van der Waals surface area contributed by atoms with Gasteiger partial charge in [-0.05, 0) is 22.6 Å². The van der Waals surface area contributed by atoms with Crippen LogP contribution in [-0.4, -0.2) is 49.2 Å². The third-order valence-electron chi connectivity index (χ3n) is 1.92. The van der Waals surface area contributed by atoms with E-state index in [9.17, 15) is 13.2 Å². The van der Waals surface area contributed by atoms with Crippen molar-refractivity contribution in [1.29, 1.82) is 0 Å². The normalized spacial score (nSPS) is 13.9. The number of nitrogens with one attached hydrogen (secondary N) is 1. The number of hydrogen-bond acceptors (Lipinski definition) is 6. The van der Waals surface area contributed by atoms with Crippen LogP contribution in [0.15, 0.2) is 12.1 Å². The molecule has 17 heavy (non-hydrogen) atoms. The summed E-state index contributed by atoms with van der Waals surface area (Å²) in [5.41, 5.74) is 0.368. The largest absolute Gasteiger partial charge is 0.416 e. The molecule has 0 amide bonds. The minimum Gasteiger partial charge on any atom is -0.382 e. The van der Waals surface area contributed by atoms with Crippen molar-refractivity contribution in [3.63, 3.8) is 0 Å². The first-order valence-corrected chi connectivity index (χ1v) is 4.51. The molecule has 0 spiro atoms. The Morgan fingerprint density at radius 1 is 1.41 bits per heavy atom. The average molecular weight is 248 g/mol. The number of halogens is 3. The topological polar surface area (TPSA) is 88.2 Å². The highest BCUT2D eigenvalue weighted by Gasteiger charge is 2.37. The molecule has 0 aliphatic carbocycles. The molecule has 2 rings (SSSR count). The molecule has 0 aromatic carbocycles. The molecule has 2 heterocycles. The SMILES string of the molecule is OC(CNc1ccc2nnnn2n1)C(F)(F)F. The van der Waals surface area contributed by atoms with Crippen LogP contribution in [0.1, 0.15) is 0 Å². The van der Waals surface area contributed by atoms with Crippen LogP contribution < -0.4 is 5.32 Å². The maximum absolute atomic E-state index is 12.0. The van der Waals surface area contributed by atoms with E-state index in [4.69, 9.17) is 5.11 Å². The molecule has 1 atom stereocenters. The Morgan fingerprint density at radius 2 is 2.18 bits per heavy atom. The van der Waals surface area contributed by atoms with Crippen molar-refractivity contribution in [2.75, 3.05) is 11.9 Å². The summed E-state index contributed by atoms with van der Waals surface area (Å²) < 4.78 is 37.1. The molecular formula is C7H7F3N6O. The molecule has 0 bridgehead atoms. The lowest BCUT2D eigenvalue weighted by atomic mass is 10.3. The van der Waals surface area contributed by atoms with Gasteiger partial charge in [0.25, 0.3) is 0 Å². The molecule has 0 fully saturated rings. The fourth-order valence-electron chi connectivity index (χ4n) is 1.06. The van der Waals surface area contributed by atoms with Gasteiger partial charge < -0.3 is 10.4 Å². The van der Waals surface area contributed by atoms with Gasteiger partial charge in [0.1, 0.15) is 5.82 Å². The number of alkyl halides is 3. The first kappa shape index (κ1) is 11.5. The summed E-state index contributed by atoms with van der Waals surface area (Å²) >= 11 is 0. The fourth-order valence-corrected chi connectivity index (χ4v) is 1.06. The number of fused-ring (bicyclic) bond motifs is 1. The van der Waals surface area contributed by atoms with E-state index < -0.39 is 18.8 Å². The Bertz CT molecular complexity index is 512. The highest BCUT2D eigenvalue weighted by atomic mass is 19.4. The summed E-state index contributed by atoms with van der Waals surface area (Å²) in [6.45, 7) is -0.690. The van der Waals surface area contributed by atoms with Crippen molar-refractivity contribution < 1.29 is 18.3 Å². The predicted octanol–water partition coefficient (Wildman–Crippen LogP) is -0.146. The van der Waals surface area contributed by atoms with Crippen molar-refractivity contribution in [1.82, 2.24) is 25.3 Å². The molecule has 0 aliphatic rings. The van der Waals surface area contributed by atoms with E-state index >= 15 is 0 Å². The van der Waals surface area contributed by atoms with Gasteiger partial charge in [-0.15, -0.1) is 14.8 Å². The molecule has 92 valence electrons. The maximum Gasteiger partial charge on any atom is 0.416 e. The van der Waals surface area contributed by atoms with Crippen molar-refractivity contribution in [2.24, 2.45) is 0 Å². The van der Waals surface area contributed by atoms with E-state index in [1.807, 2.05) is 0 Å². The Balaban J connectivity index is 2.03. The summed E-state index contributed by atoms with van der Waals surface area (Å²) in [5.74, 6) is 0.133. The first-order valence-electron chi connectivity index (χ1n) is 4.51. The van der Waals surface area contributed by atoms with E-state index in [0.717, 1.165) is 4.63 Å². The Hall–Kier alpha value is -1.97. The standard InChI is InChI=1S/C7H7F3N6O/c8-7(9,10)4(17)3-11-5-1-2-6-12-14-15-16(6)13-5/h1-2,4,17H,3H2,(H,11,13). The third-order valence-corrected chi connectivity index (χ3v) is 1.92. The molecule has 0 radical (unpaired) electrons. The Labute approximate surface area is 92.2 Å². The van der Waals surface area contributed by atoms with Gasteiger partial charge in [0.15, 0.2) is 11.8 Å². The number of aliphatic hydroxyl groups is 1. The van der Waals surface area contributed by atoms with Crippen molar-refractivity contribution >= 4 is 11.5 Å².